The molecule has 6 rings (SSSR count). The van der Waals surface area contributed by atoms with E-state index in [2.05, 4.69) is 0 Å². The molecular formula is C29H34N2O11. The van der Waals surface area contributed by atoms with Gasteiger partial charge in [0.25, 0.3) is 12.2 Å². The van der Waals surface area contributed by atoms with Gasteiger partial charge in [0.1, 0.15) is 11.2 Å². The molecule has 3 fully saturated rings. The number of esters is 3. The third-order valence-electron chi connectivity index (χ3n) is 8.52. The molecule has 1 aromatic carbocycles. The Labute approximate surface area is 242 Å². The molecular weight excluding hydrogens is 552 g/mol. The minimum atomic E-state index is -2.18. The van der Waals surface area contributed by atoms with Crippen molar-refractivity contribution in [1.29, 1.82) is 0 Å². The average Bonchev–Trinajstić information content (AvgIpc) is 3.20. The van der Waals surface area contributed by atoms with Crippen LogP contribution in [0.4, 0.5) is 5.69 Å². The summed E-state index contributed by atoms with van der Waals surface area (Å²) in [4.78, 5) is 70.6. The standard InChI is InChI=1S/C29H34N2O11/c1-14(39-15(2)32)21-18-10-12-30(5)13-11-28(24(21)35)19-8-9-20(37-6)23-22(19)31(26(36)27(38-7)41-23)29(28,42-17(4)34)25(18)40-16(3)33/h8-9,18,25,27H,10-13H2,1-7H3/b21-14-. The molecule has 2 bridgehead atoms. The Kier molecular flexibility index (Phi) is 7.30. The number of rotatable bonds is 5. The number of hydrogen-bond acceptors (Lipinski definition) is 12. The molecule has 2 saturated heterocycles. The first-order valence-corrected chi connectivity index (χ1v) is 13.6. The maximum Gasteiger partial charge on any atom is 0.307 e. The van der Waals surface area contributed by atoms with E-state index in [1.807, 2.05) is 11.9 Å². The van der Waals surface area contributed by atoms with Gasteiger partial charge >= 0.3 is 17.9 Å². The van der Waals surface area contributed by atoms with Gasteiger partial charge in [-0.2, -0.15) is 0 Å². The van der Waals surface area contributed by atoms with Gasteiger partial charge in [-0.05, 0) is 46.0 Å². The molecule has 5 unspecified atom stereocenters. The molecule has 4 aliphatic heterocycles. The first-order valence-electron chi connectivity index (χ1n) is 13.6. The van der Waals surface area contributed by atoms with Crippen molar-refractivity contribution in [2.75, 3.05) is 39.3 Å². The highest BCUT2D eigenvalue weighted by molar-refractivity contribution is 6.15. The second-order valence-electron chi connectivity index (χ2n) is 10.9. The van der Waals surface area contributed by atoms with Crippen LogP contribution < -0.4 is 14.4 Å². The highest BCUT2D eigenvalue weighted by atomic mass is 16.7. The van der Waals surface area contributed by atoms with E-state index in [1.54, 1.807) is 12.1 Å². The predicted octanol–water partition coefficient (Wildman–Crippen LogP) is 1.60. The van der Waals surface area contributed by atoms with Gasteiger partial charge in [0.2, 0.25) is 5.72 Å². The van der Waals surface area contributed by atoms with Crippen LogP contribution in [0.5, 0.6) is 11.5 Å². The number of hydrogen-bond donors (Lipinski definition) is 0. The average molecular weight is 587 g/mol. The van der Waals surface area contributed by atoms with E-state index in [1.165, 1.54) is 39.9 Å². The van der Waals surface area contributed by atoms with Crippen molar-refractivity contribution < 1.29 is 52.4 Å². The highest BCUT2D eigenvalue weighted by Crippen LogP contribution is 2.67. The summed E-state index contributed by atoms with van der Waals surface area (Å²) in [5.74, 6) is -4.02. The Balaban J connectivity index is 1.99. The molecule has 1 saturated carbocycles. The number of nitrogens with zero attached hydrogens (tertiary/aromatic N) is 2. The number of carbonyl (C=O) groups excluding carboxylic acids is 5. The summed E-state index contributed by atoms with van der Waals surface area (Å²) in [5.41, 5.74) is -3.42. The minimum absolute atomic E-state index is 0.0379. The normalized spacial score (nSPS) is 31.1. The number of fused-ring (bicyclic) bond motifs is 5. The lowest BCUT2D eigenvalue weighted by atomic mass is 9.56. The number of benzene rings is 1. The number of anilines is 1. The van der Waals surface area contributed by atoms with Crippen LogP contribution in [-0.2, 0) is 48.3 Å². The Morgan fingerprint density at radius 3 is 2.31 bits per heavy atom. The van der Waals surface area contributed by atoms with Crippen molar-refractivity contribution >= 4 is 35.3 Å². The second-order valence-corrected chi connectivity index (χ2v) is 10.9. The molecule has 4 heterocycles. The zero-order valence-corrected chi connectivity index (χ0v) is 24.6. The smallest absolute Gasteiger partial charge is 0.307 e. The van der Waals surface area contributed by atoms with Crippen molar-refractivity contribution in [3.05, 3.63) is 29.0 Å². The predicted molar refractivity (Wildman–Crippen MR) is 143 cm³/mol. The molecule has 1 spiro atoms. The first-order chi connectivity index (χ1) is 19.8. The lowest BCUT2D eigenvalue weighted by Gasteiger charge is -2.56. The van der Waals surface area contributed by atoms with Crippen LogP contribution in [-0.4, -0.2) is 87.0 Å². The van der Waals surface area contributed by atoms with Crippen LogP contribution in [0, 0.1) is 5.92 Å². The van der Waals surface area contributed by atoms with Gasteiger partial charge in [0.15, 0.2) is 23.4 Å². The molecule has 13 heteroatoms. The Morgan fingerprint density at radius 2 is 1.71 bits per heavy atom. The summed E-state index contributed by atoms with van der Waals surface area (Å²) in [6.45, 7) is 5.87. The minimum Gasteiger partial charge on any atom is -0.493 e. The van der Waals surface area contributed by atoms with E-state index in [0.717, 1.165) is 6.92 Å². The van der Waals surface area contributed by atoms with Crippen LogP contribution in [0.1, 0.15) is 46.1 Å². The second kappa shape index (κ2) is 10.4. The van der Waals surface area contributed by atoms with Gasteiger partial charge in [-0.3, -0.25) is 28.9 Å². The van der Waals surface area contributed by atoms with Crippen LogP contribution >= 0.6 is 0 Å². The highest BCUT2D eigenvalue weighted by Gasteiger charge is 2.80. The monoisotopic (exact) mass is 586 g/mol. The quantitative estimate of drug-likeness (QED) is 0.214. The molecule has 1 aromatic rings. The first kappa shape index (κ1) is 29.5. The van der Waals surface area contributed by atoms with Crippen molar-refractivity contribution in [2.45, 2.75) is 64.1 Å². The van der Waals surface area contributed by atoms with E-state index in [9.17, 15) is 19.2 Å². The van der Waals surface area contributed by atoms with Crippen molar-refractivity contribution in [1.82, 2.24) is 4.90 Å². The van der Waals surface area contributed by atoms with Gasteiger partial charge < -0.3 is 33.3 Å². The van der Waals surface area contributed by atoms with Gasteiger partial charge in [-0.1, -0.05) is 6.07 Å². The van der Waals surface area contributed by atoms with Crippen LogP contribution in [0.25, 0.3) is 0 Å². The van der Waals surface area contributed by atoms with Crippen LogP contribution in [0.15, 0.2) is 23.5 Å². The summed E-state index contributed by atoms with van der Waals surface area (Å²) >= 11 is 0. The number of carbonyl (C=O) groups is 5. The molecule has 42 heavy (non-hydrogen) atoms. The van der Waals surface area contributed by atoms with Gasteiger partial charge in [0.05, 0.1) is 12.8 Å². The lowest BCUT2D eigenvalue weighted by Crippen LogP contribution is -2.77. The molecule has 0 N–H and O–H groups in total. The van der Waals surface area contributed by atoms with Crippen molar-refractivity contribution in [2.24, 2.45) is 5.92 Å². The molecule has 13 nitrogen and oxygen atoms in total. The molecule has 0 aromatic heterocycles. The van der Waals surface area contributed by atoms with E-state index in [0.29, 0.717) is 18.7 Å². The Bertz CT molecular complexity index is 1420. The lowest BCUT2D eigenvalue weighted by molar-refractivity contribution is -0.213. The van der Waals surface area contributed by atoms with Crippen LogP contribution in [0.2, 0.25) is 0 Å². The number of ketones is 1. The zero-order chi connectivity index (χ0) is 30.7. The Morgan fingerprint density at radius 1 is 1.00 bits per heavy atom. The molecule has 5 aliphatic rings. The van der Waals surface area contributed by atoms with E-state index in [4.69, 9.17) is 28.4 Å². The Hall–Kier alpha value is -3.97. The fourth-order valence-corrected chi connectivity index (χ4v) is 7.10. The molecule has 0 radical (unpaired) electrons. The molecule has 226 valence electrons. The zero-order valence-electron chi connectivity index (χ0n) is 24.6. The summed E-state index contributed by atoms with van der Waals surface area (Å²) in [6.07, 6.45) is -2.61. The SMILES string of the molecule is COc1ccc2c3c1OC(OC)C(=O)N3C1(OC(C)=O)C(OC(C)=O)C3CCN(C)CCC21C(=O)/C3=C(/C)OC(C)=O. The number of allylic oxidation sites excluding steroid dienone is 1. The summed E-state index contributed by atoms with van der Waals surface area (Å²) in [5, 5.41) is 0. The van der Waals surface area contributed by atoms with Crippen LogP contribution in [0.3, 0.4) is 0 Å². The maximum absolute atomic E-state index is 15.2. The van der Waals surface area contributed by atoms with E-state index in [-0.39, 0.29) is 41.4 Å². The molecule has 1 amide bonds. The third kappa shape index (κ3) is 3.93. The van der Waals surface area contributed by atoms with Gasteiger partial charge in [0, 0.05) is 44.9 Å². The van der Waals surface area contributed by atoms with E-state index >= 15 is 4.79 Å². The van der Waals surface area contributed by atoms with Gasteiger partial charge in [-0.15, -0.1) is 0 Å². The fraction of sp³-hybridized carbons (Fsp3) is 0.552. The summed E-state index contributed by atoms with van der Waals surface area (Å²) in [7, 11) is 4.57. The number of amides is 1. The fourth-order valence-electron chi connectivity index (χ4n) is 7.10. The van der Waals surface area contributed by atoms with Crippen molar-refractivity contribution in [3.63, 3.8) is 0 Å². The topological polar surface area (TPSA) is 147 Å². The summed E-state index contributed by atoms with van der Waals surface area (Å²) < 4.78 is 34.6. The van der Waals surface area contributed by atoms with Crippen molar-refractivity contribution in [3.8, 4) is 11.5 Å². The maximum atomic E-state index is 15.2. The molecule has 5 atom stereocenters. The largest absolute Gasteiger partial charge is 0.493 e. The van der Waals surface area contributed by atoms with E-state index < -0.39 is 59.1 Å². The molecule has 1 aliphatic carbocycles. The summed E-state index contributed by atoms with van der Waals surface area (Å²) in [6, 6.07) is 3.21. The third-order valence-corrected chi connectivity index (χ3v) is 8.52. The number of methoxy groups -OCH3 is 2. The number of Topliss-reactive ketones (excluding diaryl/α,β-unsaturated/α-hetero) is 1. The number of ether oxygens (including phenoxy) is 6. The van der Waals surface area contributed by atoms with Gasteiger partial charge in [-0.25, -0.2) is 0 Å².